The van der Waals surface area contributed by atoms with Crippen molar-refractivity contribution in [2.24, 2.45) is 0 Å². The van der Waals surface area contributed by atoms with E-state index in [1.807, 2.05) is 11.3 Å². The summed E-state index contributed by atoms with van der Waals surface area (Å²) in [6, 6.07) is 70.1. The van der Waals surface area contributed by atoms with Crippen molar-refractivity contribution in [3.05, 3.63) is 209 Å². The molecule has 6 heteroatoms. The van der Waals surface area contributed by atoms with Gasteiger partial charge in [0.15, 0.2) is 0 Å². The molecule has 0 bridgehead atoms. The predicted octanol–water partition coefficient (Wildman–Crippen LogP) is 22.1. The largest absolute Gasteiger partial charge is 0.311 e. The summed E-state index contributed by atoms with van der Waals surface area (Å²) in [5.74, 6) is 0. The molecule has 448 valence electrons. The van der Waals surface area contributed by atoms with E-state index in [1.54, 1.807) is 0 Å². The quantitative estimate of drug-likeness (QED) is 0.164. The Labute approximate surface area is 536 Å². The third-order valence-corrected chi connectivity index (χ3v) is 21.6. The maximum absolute atomic E-state index is 2.74. The number of benzene rings is 10. The average Bonchev–Trinajstić information content (AvgIpc) is 1.15. The second-order valence-electron chi connectivity index (χ2n) is 32.8. The number of hydrogen-bond acceptors (Lipinski definition) is 3. The van der Waals surface area contributed by atoms with Crippen LogP contribution >= 0.6 is 11.3 Å². The normalized spacial score (nSPS) is 14.3. The molecule has 0 N–H and O–H groups in total. The Morgan fingerprint density at radius 1 is 0.322 bits per heavy atom. The van der Waals surface area contributed by atoms with Gasteiger partial charge in [-0.3, -0.25) is 0 Å². The van der Waals surface area contributed by atoms with Crippen LogP contribution in [0.15, 0.2) is 176 Å². The second-order valence-corrected chi connectivity index (χ2v) is 33.9. The Hall–Kier alpha value is -8.32. The van der Waals surface area contributed by atoms with E-state index >= 15 is 0 Å². The third-order valence-electron chi connectivity index (χ3n) is 20.5. The SMILES string of the molecule is CC(C)(C)c1cc2c3c(c1)N1c4c(cc(C(C)(C)C)cc4-n4c5ccc(C(C)(C)C)cc5c5cc(C(C)(C)C)cc1c54)B3c1ccc(-n3c4ccc(C(C)(C)C)cc4c4cc(C(C)(C)C)ccc43)cc1N2c1ccc(-c2cccc3sc4ccccc4c23)cc1. The van der Waals surface area contributed by atoms with Crippen LogP contribution in [-0.2, 0) is 32.5 Å². The molecule has 0 saturated heterocycles. The summed E-state index contributed by atoms with van der Waals surface area (Å²) < 4.78 is 7.87. The minimum atomic E-state index is -0.197. The van der Waals surface area contributed by atoms with Gasteiger partial charge in [0.25, 0.3) is 6.71 Å². The fraction of sp³-hybridized carbons (Fsp3) is 0.286. The van der Waals surface area contributed by atoms with Crippen LogP contribution in [0.5, 0.6) is 0 Å². The Bertz CT molecular complexity index is 5180. The van der Waals surface area contributed by atoms with Crippen LogP contribution in [-0.4, -0.2) is 15.8 Å². The Morgan fingerprint density at radius 2 is 0.800 bits per heavy atom. The molecule has 4 nitrogen and oxygen atoms in total. The summed E-state index contributed by atoms with van der Waals surface area (Å²) in [4.78, 5) is 5.40. The van der Waals surface area contributed by atoms with Crippen LogP contribution in [0.4, 0.5) is 34.1 Å². The molecule has 10 aromatic carbocycles. The van der Waals surface area contributed by atoms with E-state index < -0.39 is 0 Å². The van der Waals surface area contributed by atoms with Crippen molar-refractivity contribution < 1.29 is 0 Å². The van der Waals surface area contributed by atoms with Gasteiger partial charge >= 0.3 is 0 Å². The highest BCUT2D eigenvalue weighted by atomic mass is 32.1. The first-order chi connectivity index (χ1) is 42.4. The second kappa shape index (κ2) is 18.7. The number of thiophene rings is 1. The first-order valence-electron chi connectivity index (χ1n) is 32.8. The van der Waals surface area contributed by atoms with Crippen LogP contribution < -0.4 is 26.2 Å². The number of fused-ring (bicyclic) bond motifs is 15. The third kappa shape index (κ3) is 8.38. The van der Waals surface area contributed by atoms with E-state index in [2.05, 4.69) is 319 Å². The van der Waals surface area contributed by atoms with Gasteiger partial charge in [-0.15, -0.1) is 11.3 Å². The van der Waals surface area contributed by atoms with Crippen molar-refractivity contribution in [2.45, 2.75) is 157 Å². The van der Waals surface area contributed by atoms with Gasteiger partial charge < -0.3 is 18.9 Å². The maximum Gasteiger partial charge on any atom is 0.252 e. The summed E-state index contributed by atoms with van der Waals surface area (Å²) in [7, 11) is 0. The van der Waals surface area contributed by atoms with E-state index in [-0.39, 0.29) is 39.2 Å². The highest BCUT2D eigenvalue weighted by molar-refractivity contribution is 7.26. The highest BCUT2D eigenvalue weighted by Crippen LogP contribution is 2.56. The van der Waals surface area contributed by atoms with Gasteiger partial charge in [-0.25, -0.2) is 0 Å². The van der Waals surface area contributed by atoms with E-state index in [1.165, 1.54) is 159 Å². The smallest absolute Gasteiger partial charge is 0.252 e. The minimum absolute atomic E-state index is 0.0133. The van der Waals surface area contributed by atoms with Gasteiger partial charge in [0.2, 0.25) is 0 Å². The van der Waals surface area contributed by atoms with Gasteiger partial charge in [0, 0.05) is 70.2 Å². The van der Waals surface area contributed by atoms with Gasteiger partial charge in [-0.2, -0.15) is 0 Å². The number of anilines is 6. The van der Waals surface area contributed by atoms with Crippen molar-refractivity contribution in [3.8, 4) is 22.5 Å². The lowest BCUT2D eigenvalue weighted by Crippen LogP contribution is -2.62. The van der Waals surface area contributed by atoms with Crippen molar-refractivity contribution in [2.75, 3.05) is 9.80 Å². The molecule has 3 aliphatic heterocycles. The van der Waals surface area contributed by atoms with Gasteiger partial charge in [-0.1, -0.05) is 197 Å². The summed E-state index contributed by atoms with van der Waals surface area (Å²) in [6.07, 6.45) is 0. The lowest BCUT2D eigenvalue weighted by atomic mass is 9.33. The molecule has 0 saturated carbocycles. The lowest BCUT2D eigenvalue weighted by molar-refractivity contribution is 0.589. The molecular weight excluding hydrogens is 1110 g/mol. The molecule has 0 amide bonds. The first-order valence-corrected chi connectivity index (χ1v) is 33.6. The zero-order valence-electron chi connectivity index (χ0n) is 56.0. The zero-order valence-corrected chi connectivity index (χ0v) is 56.8. The lowest BCUT2D eigenvalue weighted by Gasteiger charge is -2.47. The molecule has 0 aliphatic carbocycles. The molecule has 0 radical (unpaired) electrons. The van der Waals surface area contributed by atoms with E-state index in [0.29, 0.717) is 0 Å². The number of aromatic nitrogens is 2. The number of rotatable bonds is 3. The summed E-state index contributed by atoms with van der Waals surface area (Å²) in [5.41, 5.74) is 28.7. The maximum atomic E-state index is 2.74. The molecule has 0 fully saturated rings. The average molecular weight is 1190 g/mol. The number of hydrogen-bond donors (Lipinski definition) is 0. The monoisotopic (exact) mass is 1190 g/mol. The van der Waals surface area contributed by atoms with E-state index in [0.717, 1.165) is 11.4 Å². The first kappa shape index (κ1) is 56.9. The molecule has 16 rings (SSSR count). The molecule has 0 spiro atoms. The van der Waals surface area contributed by atoms with Crippen LogP contribution in [0.25, 0.3) is 86.3 Å². The van der Waals surface area contributed by atoms with Gasteiger partial charge in [0.05, 0.1) is 39.1 Å². The van der Waals surface area contributed by atoms with Crippen LogP contribution in [0, 0.1) is 0 Å². The Kier molecular flexibility index (Phi) is 11.8. The standard InChI is InChI=1S/C84H83BN4S/c1-79(2,3)49-28-35-65-59(38-49)60-39-50(80(4,5)6)29-36-66(60)87(65)56-33-34-63-68(47-56)86(55-31-26-48(27-32-55)57-23-21-25-74-75(57)58-22-19-20-24-73(58)90-74)69-43-54(84(16,17)18)44-70-76(69)85(63)64-42-53(83(13,14)15)46-72-78(64)89(70)71-45-52(82(10,11)12)41-62-61-40-51(81(7,8)9)30-37-67(61)88(72)77(62)71/h19-47H,1-18H3. The molecule has 3 aliphatic rings. The fourth-order valence-electron chi connectivity index (χ4n) is 15.3. The van der Waals surface area contributed by atoms with Crippen LogP contribution in [0.1, 0.15) is 158 Å². The molecule has 13 aromatic rings. The highest BCUT2D eigenvalue weighted by Gasteiger charge is 2.48. The predicted molar refractivity (Wildman–Crippen MR) is 393 cm³/mol. The summed E-state index contributed by atoms with van der Waals surface area (Å²) in [6.45, 7) is 42.5. The molecule has 0 unspecified atom stereocenters. The Morgan fingerprint density at radius 3 is 1.39 bits per heavy atom. The molecule has 0 atom stereocenters. The van der Waals surface area contributed by atoms with Crippen LogP contribution in [0.3, 0.4) is 0 Å². The van der Waals surface area contributed by atoms with Crippen molar-refractivity contribution in [1.82, 2.24) is 9.13 Å². The Balaban J connectivity index is 1.03. The van der Waals surface area contributed by atoms with Crippen LogP contribution in [0.2, 0.25) is 0 Å². The topological polar surface area (TPSA) is 16.3 Å². The van der Waals surface area contributed by atoms with Gasteiger partial charge in [0.1, 0.15) is 0 Å². The summed E-state index contributed by atoms with van der Waals surface area (Å²) in [5, 5.41) is 7.86. The molecular formula is C84H83BN4S. The number of nitrogens with zero attached hydrogens (tertiary/aromatic N) is 4. The minimum Gasteiger partial charge on any atom is -0.311 e. The van der Waals surface area contributed by atoms with Gasteiger partial charge in [-0.05, 0) is 197 Å². The van der Waals surface area contributed by atoms with Crippen molar-refractivity contribution in [1.29, 1.82) is 0 Å². The zero-order chi connectivity index (χ0) is 63.0. The molecule has 6 heterocycles. The fourth-order valence-corrected chi connectivity index (χ4v) is 16.4. The van der Waals surface area contributed by atoms with E-state index in [9.17, 15) is 0 Å². The summed E-state index contributed by atoms with van der Waals surface area (Å²) >= 11 is 1.89. The van der Waals surface area contributed by atoms with E-state index in [4.69, 9.17) is 0 Å². The molecule has 3 aromatic heterocycles. The van der Waals surface area contributed by atoms with Crippen molar-refractivity contribution in [3.63, 3.8) is 0 Å². The van der Waals surface area contributed by atoms with Crippen molar-refractivity contribution >= 4 is 132 Å². The molecule has 90 heavy (non-hydrogen) atoms.